The number of nitrogens with zero attached hydrogens (tertiary/aromatic N) is 1. The Morgan fingerprint density at radius 2 is 2.11 bits per heavy atom. The van der Waals surface area contributed by atoms with Gasteiger partial charge < -0.3 is 9.88 Å². The van der Waals surface area contributed by atoms with Gasteiger partial charge in [-0.25, -0.2) is 0 Å². The first kappa shape index (κ1) is 13.9. The summed E-state index contributed by atoms with van der Waals surface area (Å²) in [5.74, 6) is 0. The Kier molecular flexibility index (Phi) is 4.80. The highest BCUT2D eigenvalue weighted by atomic mass is 15.0. The van der Waals surface area contributed by atoms with E-state index in [1.165, 1.54) is 16.5 Å². The summed E-state index contributed by atoms with van der Waals surface area (Å²) < 4.78 is 2.37. The Bertz CT molecular complexity index is 537. The van der Waals surface area contributed by atoms with Crippen LogP contribution in [0, 0.1) is 0 Å². The zero-order chi connectivity index (χ0) is 13.7. The monoisotopic (exact) mass is 256 g/mol. The maximum Gasteiger partial charge on any atom is 0.0483 e. The highest BCUT2D eigenvalue weighted by Crippen LogP contribution is 2.22. The van der Waals surface area contributed by atoms with Gasteiger partial charge in [0.1, 0.15) is 0 Å². The molecule has 0 aliphatic rings. The van der Waals surface area contributed by atoms with Gasteiger partial charge in [0.15, 0.2) is 0 Å². The maximum absolute atomic E-state index is 3.79. The van der Waals surface area contributed by atoms with Gasteiger partial charge in [-0.1, -0.05) is 38.1 Å². The largest absolute Gasteiger partial charge is 0.347 e. The molecule has 0 spiro atoms. The Hall–Kier alpha value is -1.54. The molecule has 0 unspecified atom stereocenters. The Balaban J connectivity index is 2.23. The van der Waals surface area contributed by atoms with Crippen molar-refractivity contribution in [2.75, 3.05) is 0 Å². The number of hydrogen-bond acceptors (Lipinski definition) is 1. The predicted molar refractivity (Wildman–Crippen MR) is 83.3 cm³/mol. The lowest BCUT2D eigenvalue weighted by atomic mass is 10.1. The summed E-state index contributed by atoms with van der Waals surface area (Å²) in [5.41, 5.74) is 2.73. The highest BCUT2D eigenvalue weighted by molar-refractivity contribution is 5.83. The van der Waals surface area contributed by atoms with Crippen molar-refractivity contribution in [3.63, 3.8) is 0 Å². The second kappa shape index (κ2) is 6.58. The summed E-state index contributed by atoms with van der Waals surface area (Å²) in [4.78, 5) is 0. The number of rotatable bonds is 7. The molecule has 1 aromatic heterocycles. The smallest absolute Gasteiger partial charge is 0.0483 e. The van der Waals surface area contributed by atoms with Gasteiger partial charge in [0.25, 0.3) is 0 Å². The van der Waals surface area contributed by atoms with Crippen molar-refractivity contribution < 1.29 is 0 Å². The van der Waals surface area contributed by atoms with Crippen LogP contribution in [-0.4, -0.2) is 10.6 Å². The van der Waals surface area contributed by atoms with Crippen LogP contribution >= 0.6 is 0 Å². The Labute approximate surface area is 116 Å². The molecular formula is C17H24N2. The zero-order valence-corrected chi connectivity index (χ0v) is 12.0. The lowest BCUT2D eigenvalue weighted by Crippen LogP contribution is -2.21. The second-order valence-corrected chi connectivity index (χ2v) is 5.33. The molecule has 1 N–H and O–H groups in total. The first-order chi connectivity index (χ1) is 9.22. The number of nitrogens with one attached hydrogen (secondary N) is 1. The molecule has 0 aliphatic carbocycles. The fourth-order valence-corrected chi connectivity index (χ4v) is 2.37. The van der Waals surface area contributed by atoms with E-state index in [1.54, 1.807) is 0 Å². The van der Waals surface area contributed by atoms with E-state index in [2.05, 4.69) is 60.8 Å². The van der Waals surface area contributed by atoms with Gasteiger partial charge in [0.2, 0.25) is 0 Å². The van der Waals surface area contributed by atoms with E-state index in [0.717, 1.165) is 25.9 Å². The summed E-state index contributed by atoms with van der Waals surface area (Å²) in [6.07, 6.45) is 6.52. The standard InChI is InChI=1S/C17H24N2/c1-4-5-8-11-19-13-15(12-18-14(2)3)16-9-6-7-10-17(16)19/h4,6-7,9-10,13-14,18H,1,5,8,11-12H2,2-3H3. The minimum absolute atomic E-state index is 0.517. The van der Waals surface area contributed by atoms with Crippen molar-refractivity contribution in [2.24, 2.45) is 0 Å². The maximum atomic E-state index is 3.79. The molecule has 0 amide bonds. The Morgan fingerprint density at radius 3 is 2.84 bits per heavy atom. The van der Waals surface area contributed by atoms with Crippen LogP contribution in [0.5, 0.6) is 0 Å². The molecular weight excluding hydrogens is 232 g/mol. The molecule has 2 nitrogen and oxygen atoms in total. The molecule has 19 heavy (non-hydrogen) atoms. The summed E-state index contributed by atoms with van der Waals surface area (Å²) in [5, 5.41) is 4.87. The number of benzene rings is 1. The number of allylic oxidation sites excluding steroid dienone is 1. The molecule has 2 aromatic rings. The minimum atomic E-state index is 0.517. The number of aryl methyl sites for hydroxylation is 1. The van der Waals surface area contributed by atoms with E-state index in [4.69, 9.17) is 0 Å². The molecule has 0 bridgehead atoms. The number of hydrogen-bond donors (Lipinski definition) is 1. The average Bonchev–Trinajstić information content (AvgIpc) is 2.76. The number of para-hydroxylation sites is 1. The van der Waals surface area contributed by atoms with Crippen molar-refractivity contribution in [1.82, 2.24) is 9.88 Å². The second-order valence-electron chi connectivity index (χ2n) is 5.33. The van der Waals surface area contributed by atoms with Crippen molar-refractivity contribution in [1.29, 1.82) is 0 Å². The van der Waals surface area contributed by atoms with Gasteiger partial charge >= 0.3 is 0 Å². The number of unbranched alkanes of at least 4 members (excludes halogenated alkanes) is 1. The van der Waals surface area contributed by atoms with Crippen molar-refractivity contribution in [3.05, 3.63) is 48.7 Å². The molecule has 0 saturated carbocycles. The van der Waals surface area contributed by atoms with Crippen molar-refractivity contribution >= 4 is 10.9 Å². The van der Waals surface area contributed by atoms with E-state index in [9.17, 15) is 0 Å². The molecule has 0 aliphatic heterocycles. The molecule has 0 fully saturated rings. The van der Waals surface area contributed by atoms with E-state index in [1.807, 2.05) is 6.08 Å². The lowest BCUT2D eigenvalue weighted by Gasteiger charge is -2.06. The minimum Gasteiger partial charge on any atom is -0.347 e. The molecule has 1 heterocycles. The van der Waals surface area contributed by atoms with Crippen LogP contribution in [0.4, 0.5) is 0 Å². The highest BCUT2D eigenvalue weighted by Gasteiger charge is 2.07. The average molecular weight is 256 g/mol. The normalized spacial score (nSPS) is 11.3. The molecule has 1 aromatic carbocycles. The van der Waals surface area contributed by atoms with Crippen LogP contribution in [-0.2, 0) is 13.1 Å². The van der Waals surface area contributed by atoms with Crippen LogP contribution in [0.3, 0.4) is 0 Å². The SMILES string of the molecule is C=CCCCn1cc(CNC(C)C)c2ccccc21. The van der Waals surface area contributed by atoms with Gasteiger partial charge in [-0.05, 0) is 24.5 Å². The summed E-state index contributed by atoms with van der Waals surface area (Å²) in [6, 6.07) is 9.18. The third kappa shape index (κ3) is 3.48. The topological polar surface area (TPSA) is 17.0 Å². The van der Waals surface area contributed by atoms with Crippen LogP contribution in [0.1, 0.15) is 32.3 Å². The van der Waals surface area contributed by atoms with Gasteiger partial charge in [0.05, 0.1) is 0 Å². The quantitative estimate of drug-likeness (QED) is 0.583. The predicted octanol–water partition coefficient (Wildman–Crippen LogP) is 4.11. The summed E-state index contributed by atoms with van der Waals surface area (Å²) in [6.45, 7) is 10.2. The van der Waals surface area contributed by atoms with Gasteiger partial charge in [-0.2, -0.15) is 0 Å². The van der Waals surface area contributed by atoms with Crippen LogP contribution < -0.4 is 5.32 Å². The van der Waals surface area contributed by atoms with E-state index in [-0.39, 0.29) is 0 Å². The van der Waals surface area contributed by atoms with Gasteiger partial charge in [-0.15, -0.1) is 6.58 Å². The molecule has 2 rings (SSSR count). The van der Waals surface area contributed by atoms with Crippen molar-refractivity contribution in [2.45, 2.75) is 45.8 Å². The number of fused-ring (bicyclic) bond motifs is 1. The number of aromatic nitrogens is 1. The fraction of sp³-hybridized carbons (Fsp3) is 0.412. The zero-order valence-electron chi connectivity index (χ0n) is 12.0. The van der Waals surface area contributed by atoms with E-state index < -0.39 is 0 Å². The fourth-order valence-electron chi connectivity index (χ4n) is 2.37. The molecule has 0 saturated heterocycles. The van der Waals surface area contributed by atoms with Crippen molar-refractivity contribution in [3.8, 4) is 0 Å². The molecule has 102 valence electrons. The van der Waals surface area contributed by atoms with Gasteiger partial charge in [-0.3, -0.25) is 0 Å². The van der Waals surface area contributed by atoms with Crippen LogP contribution in [0.15, 0.2) is 43.1 Å². The van der Waals surface area contributed by atoms with E-state index in [0.29, 0.717) is 6.04 Å². The van der Waals surface area contributed by atoms with Crippen LogP contribution in [0.25, 0.3) is 10.9 Å². The first-order valence-electron chi connectivity index (χ1n) is 7.13. The third-order valence-corrected chi connectivity index (χ3v) is 3.38. The van der Waals surface area contributed by atoms with Crippen LogP contribution in [0.2, 0.25) is 0 Å². The summed E-state index contributed by atoms with van der Waals surface area (Å²) >= 11 is 0. The molecule has 0 radical (unpaired) electrons. The van der Waals surface area contributed by atoms with E-state index >= 15 is 0 Å². The molecule has 0 atom stereocenters. The van der Waals surface area contributed by atoms with Gasteiger partial charge in [0, 0.05) is 36.2 Å². The summed E-state index contributed by atoms with van der Waals surface area (Å²) in [7, 11) is 0. The lowest BCUT2D eigenvalue weighted by molar-refractivity contribution is 0.588. The molecule has 2 heteroatoms. The first-order valence-corrected chi connectivity index (χ1v) is 7.13. The Morgan fingerprint density at radius 1 is 1.32 bits per heavy atom. The third-order valence-electron chi connectivity index (χ3n) is 3.38.